The van der Waals surface area contributed by atoms with E-state index < -0.39 is 6.10 Å². The number of carbonyl (C=O) groups is 2. The van der Waals surface area contributed by atoms with Crippen molar-refractivity contribution in [2.45, 2.75) is 77.5 Å². The van der Waals surface area contributed by atoms with E-state index in [0.29, 0.717) is 12.3 Å². The Morgan fingerprint density at radius 2 is 2.06 bits per heavy atom. The Morgan fingerprint density at radius 3 is 2.76 bits per heavy atom. The van der Waals surface area contributed by atoms with Crippen molar-refractivity contribution in [2.24, 2.45) is 29.1 Å². The first kappa shape index (κ1) is 25.1. The van der Waals surface area contributed by atoms with Crippen molar-refractivity contribution in [3.63, 3.8) is 0 Å². The van der Waals surface area contributed by atoms with Crippen molar-refractivity contribution < 1.29 is 19.4 Å². The van der Waals surface area contributed by atoms with Gasteiger partial charge in [-0.1, -0.05) is 26.8 Å². The summed E-state index contributed by atoms with van der Waals surface area (Å²) in [4.78, 5) is 32.4. The fourth-order valence-corrected chi connectivity index (χ4v) is 7.17. The normalized spacial score (nSPS) is 36.6. The molecule has 0 spiro atoms. The lowest BCUT2D eigenvalue weighted by molar-refractivity contribution is -0.151. The molecule has 2 heterocycles. The smallest absolute Gasteiger partial charge is 0.270 e. The highest BCUT2D eigenvalue weighted by Gasteiger charge is 2.54. The molecule has 1 unspecified atom stereocenters. The van der Waals surface area contributed by atoms with Gasteiger partial charge in [0.25, 0.3) is 5.91 Å². The lowest BCUT2D eigenvalue weighted by Gasteiger charge is -2.56. The van der Waals surface area contributed by atoms with Gasteiger partial charge in [-0.25, -0.2) is 0 Å². The third-order valence-electron chi connectivity index (χ3n) is 9.15. The Balaban J connectivity index is 1.47. The molecule has 34 heavy (non-hydrogen) atoms. The predicted molar refractivity (Wildman–Crippen MR) is 130 cm³/mol. The van der Waals surface area contributed by atoms with Gasteiger partial charge in [-0.3, -0.25) is 14.6 Å². The van der Waals surface area contributed by atoms with Crippen LogP contribution < -0.4 is 5.32 Å². The molecule has 1 aliphatic heterocycles. The molecule has 1 saturated heterocycles. The topological polar surface area (TPSA) is 91.8 Å². The molecule has 0 aromatic carbocycles. The summed E-state index contributed by atoms with van der Waals surface area (Å²) in [6.07, 6.45) is 6.77. The van der Waals surface area contributed by atoms with Crippen LogP contribution in [-0.2, 0) is 9.53 Å². The number of aliphatic hydroxyl groups is 1. The molecule has 4 rings (SSSR count). The number of hydrogen-bond donors (Lipinski definition) is 2. The molecule has 7 heteroatoms. The van der Waals surface area contributed by atoms with Crippen LogP contribution in [0.4, 0.5) is 0 Å². The van der Waals surface area contributed by atoms with Crippen molar-refractivity contribution in [3.05, 3.63) is 30.1 Å². The van der Waals surface area contributed by atoms with Crippen molar-refractivity contribution in [3.8, 4) is 0 Å². The van der Waals surface area contributed by atoms with E-state index in [9.17, 15) is 14.7 Å². The van der Waals surface area contributed by atoms with Crippen LogP contribution in [0.3, 0.4) is 0 Å². The minimum atomic E-state index is -0.564. The zero-order valence-electron chi connectivity index (χ0n) is 21.1. The summed E-state index contributed by atoms with van der Waals surface area (Å²) in [5, 5.41) is 14.9. The second kappa shape index (κ2) is 10.3. The predicted octanol–water partition coefficient (Wildman–Crippen LogP) is 3.28. The first-order valence-corrected chi connectivity index (χ1v) is 13.0. The van der Waals surface area contributed by atoms with Gasteiger partial charge in [0.2, 0.25) is 5.91 Å². The van der Waals surface area contributed by atoms with Crippen LogP contribution in [0.2, 0.25) is 0 Å². The zero-order valence-corrected chi connectivity index (χ0v) is 21.1. The van der Waals surface area contributed by atoms with Crippen LogP contribution in [-0.4, -0.2) is 65.3 Å². The van der Waals surface area contributed by atoms with E-state index in [2.05, 4.69) is 24.1 Å². The number of hydrogen-bond acceptors (Lipinski definition) is 5. The Morgan fingerprint density at radius 1 is 1.29 bits per heavy atom. The molecule has 2 aliphatic carbocycles. The van der Waals surface area contributed by atoms with Gasteiger partial charge >= 0.3 is 0 Å². The number of amides is 2. The summed E-state index contributed by atoms with van der Waals surface area (Å²) >= 11 is 0. The molecule has 2 N–H and O–H groups in total. The highest BCUT2D eigenvalue weighted by Crippen LogP contribution is 2.55. The Hall–Kier alpha value is -1.99. The minimum absolute atomic E-state index is 0.0170. The standard InChI is InChI=1S/C27H41N3O4/c1-17(26(33)30-15-7-8-19(30)16-34-4)20-10-12-27(3)13-11-21(18(2)23(27)24(20)31)29-25(32)22-9-5-6-14-28-22/h5-6,9,14,17-21,23-24,31H,7-8,10-13,15-16H2,1-4H3,(H,29,32)/t17-,18+,19+,20?,21-,23+,24-,27-/m0/s1. The molecule has 1 aromatic rings. The second-order valence-electron chi connectivity index (χ2n) is 11.1. The average molecular weight is 472 g/mol. The maximum atomic E-state index is 13.5. The summed E-state index contributed by atoms with van der Waals surface area (Å²) in [7, 11) is 1.68. The maximum absolute atomic E-state index is 13.5. The highest BCUT2D eigenvalue weighted by atomic mass is 16.5. The van der Waals surface area contributed by atoms with Crippen LogP contribution in [0.15, 0.2) is 24.4 Å². The summed E-state index contributed by atoms with van der Waals surface area (Å²) in [6, 6.07) is 5.46. The summed E-state index contributed by atoms with van der Waals surface area (Å²) in [6.45, 7) is 7.78. The van der Waals surface area contributed by atoms with Crippen LogP contribution in [0.5, 0.6) is 0 Å². The molecule has 8 atom stereocenters. The fourth-order valence-electron chi connectivity index (χ4n) is 7.17. The SMILES string of the molecule is COC[C@H]1CCCN1C(=O)[C@@H](C)C1CC[C@@]2(C)CC[C@H](NC(=O)c3ccccn3)[C@@H](C)[C@@H]2[C@H]1O. The molecule has 188 valence electrons. The van der Waals surface area contributed by atoms with Crippen LogP contribution >= 0.6 is 0 Å². The van der Waals surface area contributed by atoms with Gasteiger partial charge < -0.3 is 20.1 Å². The Labute approximate surface area is 203 Å². The number of fused-ring (bicyclic) bond motifs is 1. The number of aliphatic hydroxyl groups excluding tert-OH is 1. The molecule has 7 nitrogen and oxygen atoms in total. The third kappa shape index (κ3) is 4.74. The molecular weight excluding hydrogens is 430 g/mol. The Kier molecular flexibility index (Phi) is 7.63. The van der Waals surface area contributed by atoms with Gasteiger partial charge in [0.1, 0.15) is 5.69 Å². The van der Waals surface area contributed by atoms with E-state index in [4.69, 9.17) is 4.74 Å². The van der Waals surface area contributed by atoms with E-state index in [0.717, 1.165) is 45.1 Å². The molecule has 2 amide bonds. The van der Waals surface area contributed by atoms with Crippen molar-refractivity contribution in [2.75, 3.05) is 20.3 Å². The molecular formula is C27H41N3O4. The largest absolute Gasteiger partial charge is 0.392 e. The van der Waals surface area contributed by atoms with Gasteiger partial charge in [-0.15, -0.1) is 0 Å². The van der Waals surface area contributed by atoms with Crippen LogP contribution in [0, 0.1) is 29.1 Å². The number of pyridine rings is 1. The average Bonchev–Trinajstić information content (AvgIpc) is 3.29. The Bertz CT molecular complexity index is 865. The first-order chi connectivity index (χ1) is 16.3. The van der Waals surface area contributed by atoms with Gasteiger partial charge in [0.05, 0.1) is 18.8 Å². The van der Waals surface area contributed by atoms with E-state index in [1.54, 1.807) is 25.4 Å². The molecule has 3 aliphatic rings. The molecule has 1 aromatic heterocycles. The fraction of sp³-hybridized carbons (Fsp3) is 0.741. The van der Waals surface area contributed by atoms with Gasteiger partial charge in [0.15, 0.2) is 0 Å². The third-order valence-corrected chi connectivity index (χ3v) is 9.15. The monoisotopic (exact) mass is 471 g/mol. The summed E-state index contributed by atoms with van der Waals surface area (Å²) in [5.74, 6) is -0.160. The van der Waals surface area contributed by atoms with Gasteiger partial charge in [-0.2, -0.15) is 0 Å². The lowest BCUT2D eigenvalue weighted by Crippen LogP contribution is -2.58. The number of methoxy groups -OCH3 is 1. The summed E-state index contributed by atoms with van der Waals surface area (Å²) < 4.78 is 5.34. The quantitative estimate of drug-likeness (QED) is 0.664. The number of carbonyl (C=O) groups excluding carboxylic acids is 2. The number of ether oxygens (including phenoxy) is 1. The van der Waals surface area contributed by atoms with Gasteiger partial charge in [-0.05, 0) is 73.8 Å². The minimum Gasteiger partial charge on any atom is -0.392 e. The molecule has 2 saturated carbocycles. The van der Waals surface area contributed by atoms with E-state index in [1.165, 1.54) is 0 Å². The van der Waals surface area contributed by atoms with E-state index in [-0.39, 0.29) is 53.0 Å². The van der Waals surface area contributed by atoms with E-state index >= 15 is 0 Å². The molecule has 0 bridgehead atoms. The number of nitrogens with one attached hydrogen (secondary N) is 1. The van der Waals surface area contributed by atoms with Crippen LogP contribution in [0.1, 0.15) is 69.8 Å². The first-order valence-electron chi connectivity index (χ1n) is 13.0. The number of aromatic nitrogens is 1. The number of rotatable bonds is 6. The second-order valence-corrected chi connectivity index (χ2v) is 11.1. The zero-order chi connectivity index (χ0) is 24.5. The number of likely N-dealkylation sites (tertiary alicyclic amines) is 1. The lowest BCUT2D eigenvalue weighted by atomic mass is 9.51. The highest BCUT2D eigenvalue weighted by molar-refractivity contribution is 5.92. The molecule has 3 fully saturated rings. The van der Waals surface area contributed by atoms with E-state index in [1.807, 2.05) is 17.9 Å². The van der Waals surface area contributed by atoms with Crippen molar-refractivity contribution >= 4 is 11.8 Å². The molecule has 0 radical (unpaired) electrons. The van der Waals surface area contributed by atoms with Crippen LogP contribution in [0.25, 0.3) is 0 Å². The van der Waals surface area contributed by atoms with Crippen molar-refractivity contribution in [1.29, 1.82) is 0 Å². The summed E-state index contributed by atoms with van der Waals surface area (Å²) in [5.41, 5.74) is 0.442. The van der Waals surface area contributed by atoms with Gasteiger partial charge in [0, 0.05) is 31.8 Å². The number of nitrogens with zero attached hydrogens (tertiary/aromatic N) is 2. The van der Waals surface area contributed by atoms with Crippen molar-refractivity contribution in [1.82, 2.24) is 15.2 Å². The maximum Gasteiger partial charge on any atom is 0.270 e.